The van der Waals surface area contributed by atoms with E-state index in [0.29, 0.717) is 6.20 Å². The maximum Gasteiger partial charge on any atom is 0.406 e. The van der Waals surface area contributed by atoms with Crippen molar-refractivity contribution in [2.45, 2.75) is 6.43 Å². The molecule has 0 aliphatic carbocycles. The monoisotopic (exact) mass is 220 g/mol. The summed E-state index contributed by atoms with van der Waals surface area (Å²) in [6.45, 7) is 0. The lowest BCUT2D eigenvalue weighted by atomic mass is 10.2. The van der Waals surface area contributed by atoms with Crippen LogP contribution in [0.1, 0.15) is 12.0 Å². The number of ether oxygens (including phenoxy) is 1. The number of hydrogen-bond donors (Lipinski definition) is 1. The van der Waals surface area contributed by atoms with E-state index in [4.69, 9.17) is 5.11 Å². The number of rotatable bonds is 3. The van der Waals surface area contributed by atoms with Gasteiger partial charge in [0.2, 0.25) is 5.75 Å². The Bertz CT molecular complexity index is 397. The summed E-state index contributed by atoms with van der Waals surface area (Å²) in [7, 11) is 0.981. The first-order valence-electron chi connectivity index (χ1n) is 3.67. The van der Waals surface area contributed by atoms with Gasteiger partial charge in [-0.05, 0) is 9.91 Å². The highest BCUT2D eigenvalue weighted by Gasteiger charge is 2.29. The van der Waals surface area contributed by atoms with Gasteiger partial charge in [-0.25, -0.2) is 8.78 Å². The zero-order chi connectivity index (χ0) is 11.6. The second-order valence-electron chi connectivity index (χ2n) is 2.47. The molecule has 0 saturated carbocycles. The molecule has 0 aliphatic rings. The standard InChI is InChI=1S/C7H6F2N2O4/c1-15-5-4(6(8)9)3(12)2-10-7(5)11(13)14/h2,6,12H,1H3. The van der Waals surface area contributed by atoms with Crippen molar-refractivity contribution in [1.82, 2.24) is 4.98 Å². The lowest BCUT2D eigenvalue weighted by Gasteiger charge is -2.07. The molecule has 0 bridgehead atoms. The van der Waals surface area contributed by atoms with Gasteiger partial charge in [-0.1, -0.05) is 0 Å². The fourth-order valence-electron chi connectivity index (χ4n) is 1.03. The minimum atomic E-state index is -3.08. The highest BCUT2D eigenvalue weighted by Crippen LogP contribution is 2.40. The number of aromatic nitrogens is 1. The van der Waals surface area contributed by atoms with Crippen LogP contribution in [-0.2, 0) is 0 Å². The fraction of sp³-hybridized carbons (Fsp3) is 0.286. The van der Waals surface area contributed by atoms with Gasteiger partial charge in [-0.2, -0.15) is 0 Å². The summed E-state index contributed by atoms with van der Waals surface area (Å²) in [5.74, 6) is -2.42. The third kappa shape index (κ3) is 1.92. The highest BCUT2D eigenvalue weighted by atomic mass is 19.3. The Morgan fingerprint density at radius 2 is 2.27 bits per heavy atom. The van der Waals surface area contributed by atoms with Crippen molar-refractivity contribution in [3.8, 4) is 11.5 Å². The Morgan fingerprint density at radius 1 is 1.67 bits per heavy atom. The lowest BCUT2D eigenvalue weighted by Crippen LogP contribution is -2.01. The number of halogens is 2. The second-order valence-corrected chi connectivity index (χ2v) is 2.47. The minimum absolute atomic E-state index is 0.585. The van der Waals surface area contributed by atoms with Gasteiger partial charge in [0.05, 0.1) is 7.11 Å². The molecule has 1 N–H and O–H groups in total. The van der Waals surface area contributed by atoms with Crippen LogP contribution in [0.15, 0.2) is 6.20 Å². The summed E-state index contributed by atoms with van der Waals surface area (Å²) in [4.78, 5) is 12.6. The number of alkyl halides is 2. The molecule has 1 heterocycles. The number of nitrogens with zero attached hydrogens (tertiary/aromatic N) is 2. The van der Waals surface area contributed by atoms with Crippen molar-refractivity contribution >= 4 is 5.82 Å². The van der Waals surface area contributed by atoms with E-state index in [9.17, 15) is 18.9 Å². The number of pyridine rings is 1. The number of aromatic hydroxyl groups is 1. The van der Waals surface area contributed by atoms with E-state index in [1.165, 1.54) is 0 Å². The van der Waals surface area contributed by atoms with E-state index < -0.39 is 34.2 Å². The van der Waals surface area contributed by atoms with Crippen molar-refractivity contribution in [3.05, 3.63) is 21.9 Å². The van der Waals surface area contributed by atoms with Gasteiger partial charge in [-0.15, -0.1) is 0 Å². The Kier molecular flexibility index (Phi) is 2.98. The molecule has 0 atom stereocenters. The SMILES string of the molecule is COc1c([N+](=O)[O-])ncc(O)c1C(F)F. The molecule has 8 heteroatoms. The van der Waals surface area contributed by atoms with Crippen LogP contribution in [0.5, 0.6) is 11.5 Å². The summed E-state index contributed by atoms with van der Waals surface area (Å²) in [6, 6.07) is 0. The molecule has 6 nitrogen and oxygen atoms in total. The quantitative estimate of drug-likeness (QED) is 0.618. The van der Waals surface area contributed by atoms with E-state index in [2.05, 4.69) is 9.72 Å². The number of hydrogen-bond acceptors (Lipinski definition) is 5. The van der Waals surface area contributed by atoms with Crippen LogP contribution >= 0.6 is 0 Å². The van der Waals surface area contributed by atoms with Crippen LogP contribution in [0.4, 0.5) is 14.6 Å². The zero-order valence-corrected chi connectivity index (χ0v) is 7.48. The maximum absolute atomic E-state index is 12.4. The predicted octanol–water partition coefficient (Wildman–Crippen LogP) is 1.64. The van der Waals surface area contributed by atoms with Crippen LogP contribution < -0.4 is 4.74 Å². The normalized spacial score (nSPS) is 10.4. The van der Waals surface area contributed by atoms with Crippen LogP contribution in [0.3, 0.4) is 0 Å². The van der Waals surface area contributed by atoms with Gasteiger partial charge < -0.3 is 20.0 Å². The van der Waals surface area contributed by atoms with Crippen LogP contribution in [-0.4, -0.2) is 22.1 Å². The van der Waals surface area contributed by atoms with Gasteiger partial charge >= 0.3 is 5.82 Å². The smallest absolute Gasteiger partial charge is 0.406 e. The van der Waals surface area contributed by atoms with Gasteiger partial charge in [0.15, 0.2) is 11.9 Å². The van der Waals surface area contributed by atoms with Crippen molar-refractivity contribution in [3.63, 3.8) is 0 Å². The molecule has 0 fully saturated rings. The molecule has 1 rings (SSSR count). The largest absolute Gasteiger partial charge is 0.504 e. The molecule has 0 aromatic carbocycles. The van der Waals surface area contributed by atoms with Crippen LogP contribution in [0, 0.1) is 10.1 Å². The first-order chi connectivity index (χ1) is 6.99. The van der Waals surface area contributed by atoms with Crippen LogP contribution in [0.25, 0.3) is 0 Å². The summed E-state index contributed by atoms with van der Waals surface area (Å²) in [5.41, 5.74) is -0.931. The molecule has 0 saturated heterocycles. The molecular formula is C7H6F2N2O4. The molecule has 0 amide bonds. The van der Waals surface area contributed by atoms with Crippen molar-refractivity contribution in [2.75, 3.05) is 7.11 Å². The Labute approximate surface area is 82.3 Å². The van der Waals surface area contributed by atoms with Crippen LogP contribution in [0.2, 0.25) is 0 Å². The zero-order valence-electron chi connectivity index (χ0n) is 7.48. The van der Waals surface area contributed by atoms with E-state index in [1.807, 2.05) is 0 Å². The molecule has 1 aromatic rings. The molecule has 82 valence electrons. The van der Waals surface area contributed by atoms with E-state index in [-0.39, 0.29) is 0 Å². The Hall–Kier alpha value is -1.99. The first kappa shape index (κ1) is 11.1. The van der Waals surface area contributed by atoms with Gasteiger partial charge in [0.1, 0.15) is 5.56 Å². The third-order valence-electron chi connectivity index (χ3n) is 1.63. The van der Waals surface area contributed by atoms with E-state index in [1.54, 1.807) is 0 Å². The van der Waals surface area contributed by atoms with E-state index in [0.717, 1.165) is 7.11 Å². The molecular weight excluding hydrogens is 214 g/mol. The lowest BCUT2D eigenvalue weighted by molar-refractivity contribution is -0.390. The summed E-state index contributed by atoms with van der Waals surface area (Å²) >= 11 is 0. The van der Waals surface area contributed by atoms with Crippen molar-refractivity contribution in [2.24, 2.45) is 0 Å². The average molecular weight is 220 g/mol. The van der Waals surface area contributed by atoms with Crippen molar-refractivity contribution < 1.29 is 23.5 Å². The summed E-state index contributed by atoms with van der Waals surface area (Å²) in [5, 5.41) is 19.5. The molecule has 0 unspecified atom stereocenters. The Morgan fingerprint density at radius 3 is 2.67 bits per heavy atom. The first-order valence-corrected chi connectivity index (χ1v) is 3.67. The number of nitro groups is 1. The van der Waals surface area contributed by atoms with Gasteiger partial charge in [-0.3, -0.25) is 0 Å². The van der Waals surface area contributed by atoms with E-state index >= 15 is 0 Å². The Balaban J connectivity index is 3.47. The molecule has 1 aromatic heterocycles. The molecule has 15 heavy (non-hydrogen) atoms. The summed E-state index contributed by atoms with van der Waals surface area (Å²) in [6.07, 6.45) is -2.50. The highest BCUT2D eigenvalue weighted by molar-refractivity contribution is 5.52. The average Bonchev–Trinajstić information content (AvgIpc) is 2.15. The van der Waals surface area contributed by atoms with Gasteiger partial charge in [0, 0.05) is 0 Å². The maximum atomic E-state index is 12.4. The molecule has 0 aliphatic heterocycles. The topological polar surface area (TPSA) is 85.5 Å². The number of methoxy groups -OCH3 is 1. The molecule has 0 spiro atoms. The predicted molar refractivity (Wildman–Crippen MR) is 44.1 cm³/mol. The second kappa shape index (κ2) is 4.03. The fourth-order valence-corrected chi connectivity index (χ4v) is 1.03. The third-order valence-corrected chi connectivity index (χ3v) is 1.63. The minimum Gasteiger partial charge on any atom is -0.504 e. The summed E-state index contributed by atoms with van der Waals surface area (Å²) < 4.78 is 29.3. The molecule has 0 radical (unpaired) electrons. The van der Waals surface area contributed by atoms with Gasteiger partial charge in [0.25, 0.3) is 6.43 Å². The van der Waals surface area contributed by atoms with Crippen molar-refractivity contribution in [1.29, 1.82) is 0 Å².